The second kappa shape index (κ2) is 4.23. The molecule has 0 aliphatic carbocycles. The van der Waals surface area contributed by atoms with E-state index in [-0.39, 0.29) is 5.54 Å². The maximum atomic E-state index is 5.44. The molecule has 0 aliphatic heterocycles. The Bertz CT molecular complexity index is 573. The minimum Gasteiger partial charge on any atom is -0.330 e. The monoisotopic (exact) mass is 227 g/mol. The number of aromatic nitrogens is 2. The molecule has 1 aromatic heterocycles. The number of terminal acetylenes is 1. The Morgan fingerprint density at radius 3 is 2.76 bits per heavy atom. The highest BCUT2D eigenvalue weighted by Crippen LogP contribution is 2.14. The van der Waals surface area contributed by atoms with Crippen molar-refractivity contribution in [1.82, 2.24) is 14.9 Å². The predicted octanol–water partition coefficient (Wildman–Crippen LogP) is 2.07. The molecule has 2 rings (SSSR count). The molecule has 3 heteroatoms. The third-order valence-electron chi connectivity index (χ3n) is 2.93. The summed E-state index contributed by atoms with van der Waals surface area (Å²) < 4.78 is 2.09. The zero-order chi connectivity index (χ0) is 12.5. The van der Waals surface area contributed by atoms with Crippen LogP contribution in [0.4, 0.5) is 0 Å². The molecule has 0 fully saturated rings. The van der Waals surface area contributed by atoms with E-state index in [2.05, 4.69) is 26.9 Å². The van der Waals surface area contributed by atoms with Gasteiger partial charge in [0.15, 0.2) is 0 Å². The van der Waals surface area contributed by atoms with Crippen molar-refractivity contribution in [2.24, 2.45) is 7.05 Å². The predicted molar refractivity (Wildman–Crippen MR) is 70.5 cm³/mol. The molecule has 0 radical (unpaired) electrons. The molecule has 17 heavy (non-hydrogen) atoms. The lowest BCUT2D eigenvalue weighted by molar-refractivity contribution is 0.477. The highest BCUT2D eigenvalue weighted by Gasteiger charge is 2.14. The van der Waals surface area contributed by atoms with Gasteiger partial charge in [0.1, 0.15) is 5.82 Å². The lowest BCUT2D eigenvalue weighted by Crippen LogP contribution is -2.37. The second-order valence-electron chi connectivity index (χ2n) is 4.70. The molecular formula is C14H17N3. The van der Waals surface area contributed by atoms with E-state index in [1.165, 1.54) is 0 Å². The van der Waals surface area contributed by atoms with Gasteiger partial charge >= 0.3 is 0 Å². The first-order valence-electron chi connectivity index (χ1n) is 5.66. The van der Waals surface area contributed by atoms with Gasteiger partial charge in [0, 0.05) is 7.05 Å². The van der Waals surface area contributed by atoms with Crippen LogP contribution in [0, 0.1) is 12.3 Å². The topological polar surface area (TPSA) is 29.9 Å². The van der Waals surface area contributed by atoms with Crippen LogP contribution in [0.2, 0.25) is 0 Å². The van der Waals surface area contributed by atoms with Gasteiger partial charge in [-0.25, -0.2) is 4.98 Å². The van der Waals surface area contributed by atoms with E-state index < -0.39 is 0 Å². The summed E-state index contributed by atoms with van der Waals surface area (Å²) in [6.07, 6.45) is 5.44. The Morgan fingerprint density at radius 1 is 1.41 bits per heavy atom. The van der Waals surface area contributed by atoms with Crippen LogP contribution in [-0.2, 0) is 13.6 Å². The zero-order valence-electron chi connectivity index (χ0n) is 10.5. The summed E-state index contributed by atoms with van der Waals surface area (Å²) in [5.74, 6) is 3.71. The van der Waals surface area contributed by atoms with E-state index in [0.717, 1.165) is 16.9 Å². The minimum atomic E-state index is -0.307. The zero-order valence-corrected chi connectivity index (χ0v) is 10.5. The van der Waals surface area contributed by atoms with Crippen LogP contribution in [0.1, 0.15) is 19.7 Å². The van der Waals surface area contributed by atoms with Crippen LogP contribution in [-0.4, -0.2) is 15.1 Å². The lowest BCUT2D eigenvalue weighted by Gasteiger charge is -2.19. The van der Waals surface area contributed by atoms with Gasteiger partial charge in [-0.3, -0.25) is 5.32 Å². The highest BCUT2D eigenvalue weighted by molar-refractivity contribution is 5.75. The van der Waals surface area contributed by atoms with Crippen molar-refractivity contribution < 1.29 is 0 Å². The van der Waals surface area contributed by atoms with E-state index in [0.29, 0.717) is 6.54 Å². The van der Waals surface area contributed by atoms with Gasteiger partial charge in [-0.1, -0.05) is 18.1 Å². The summed E-state index contributed by atoms with van der Waals surface area (Å²) in [7, 11) is 2.02. The summed E-state index contributed by atoms with van der Waals surface area (Å²) >= 11 is 0. The first-order chi connectivity index (χ1) is 8.03. The fourth-order valence-electron chi connectivity index (χ4n) is 1.70. The number of rotatable bonds is 3. The van der Waals surface area contributed by atoms with Crippen molar-refractivity contribution in [2.45, 2.75) is 25.9 Å². The van der Waals surface area contributed by atoms with Crippen LogP contribution >= 0.6 is 0 Å². The van der Waals surface area contributed by atoms with Crippen LogP contribution < -0.4 is 5.32 Å². The number of hydrogen-bond donors (Lipinski definition) is 1. The summed E-state index contributed by atoms with van der Waals surface area (Å²) in [6, 6.07) is 8.10. The second-order valence-corrected chi connectivity index (χ2v) is 4.70. The Morgan fingerprint density at radius 2 is 2.12 bits per heavy atom. The van der Waals surface area contributed by atoms with Crippen molar-refractivity contribution >= 4 is 11.0 Å². The largest absolute Gasteiger partial charge is 0.330 e. The number of nitrogens with one attached hydrogen (secondary N) is 1. The summed E-state index contributed by atoms with van der Waals surface area (Å²) in [5.41, 5.74) is 1.85. The quantitative estimate of drug-likeness (QED) is 0.814. The number of para-hydroxylation sites is 2. The van der Waals surface area contributed by atoms with Gasteiger partial charge in [-0.05, 0) is 26.0 Å². The van der Waals surface area contributed by atoms with E-state index in [4.69, 9.17) is 6.42 Å². The molecule has 0 aliphatic rings. The van der Waals surface area contributed by atoms with E-state index in [9.17, 15) is 0 Å². The molecule has 3 nitrogen and oxygen atoms in total. The number of imidazole rings is 1. The minimum absolute atomic E-state index is 0.307. The molecule has 0 saturated heterocycles. The summed E-state index contributed by atoms with van der Waals surface area (Å²) in [4.78, 5) is 4.58. The van der Waals surface area contributed by atoms with Crippen molar-refractivity contribution in [2.75, 3.05) is 0 Å². The molecule has 0 saturated carbocycles. The Balaban J connectivity index is 2.26. The average molecular weight is 227 g/mol. The third kappa shape index (κ3) is 2.32. The number of fused-ring (bicyclic) bond motifs is 1. The van der Waals surface area contributed by atoms with E-state index in [1.807, 2.05) is 39.1 Å². The van der Waals surface area contributed by atoms with Crippen LogP contribution in [0.15, 0.2) is 24.3 Å². The maximum Gasteiger partial charge on any atom is 0.123 e. The normalized spacial score (nSPS) is 11.6. The molecule has 1 aromatic carbocycles. The van der Waals surface area contributed by atoms with E-state index in [1.54, 1.807) is 0 Å². The van der Waals surface area contributed by atoms with Crippen molar-refractivity contribution in [3.63, 3.8) is 0 Å². The number of nitrogens with zero attached hydrogens (tertiary/aromatic N) is 2. The van der Waals surface area contributed by atoms with Gasteiger partial charge in [0.05, 0.1) is 23.1 Å². The third-order valence-corrected chi connectivity index (χ3v) is 2.93. The number of hydrogen-bond acceptors (Lipinski definition) is 2. The molecule has 0 spiro atoms. The summed E-state index contributed by atoms with van der Waals surface area (Å²) in [6.45, 7) is 4.63. The molecule has 1 N–H and O–H groups in total. The van der Waals surface area contributed by atoms with Crippen molar-refractivity contribution in [3.05, 3.63) is 30.1 Å². The molecule has 0 unspecified atom stereocenters. The van der Waals surface area contributed by atoms with Crippen LogP contribution in [0.25, 0.3) is 11.0 Å². The molecule has 0 amide bonds. The number of aryl methyl sites for hydroxylation is 1. The van der Waals surface area contributed by atoms with Gasteiger partial charge < -0.3 is 4.57 Å². The fourth-order valence-corrected chi connectivity index (χ4v) is 1.70. The Labute approximate surface area is 102 Å². The van der Waals surface area contributed by atoms with Crippen molar-refractivity contribution in [3.8, 4) is 12.3 Å². The maximum absolute atomic E-state index is 5.44. The first-order valence-corrected chi connectivity index (χ1v) is 5.66. The number of benzene rings is 1. The highest BCUT2D eigenvalue weighted by atomic mass is 15.1. The SMILES string of the molecule is C#CC(C)(C)NCc1nc2ccccc2n1C. The summed E-state index contributed by atoms with van der Waals surface area (Å²) in [5, 5.41) is 3.31. The molecule has 2 aromatic rings. The fraction of sp³-hybridized carbons (Fsp3) is 0.357. The molecule has 0 atom stereocenters. The molecule has 88 valence electrons. The molecule has 0 bridgehead atoms. The van der Waals surface area contributed by atoms with Gasteiger partial charge in [-0.2, -0.15) is 0 Å². The van der Waals surface area contributed by atoms with E-state index >= 15 is 0 Å². The Kier molecular flexibility index (Phi) is 2.91. The van der Waals surface area contributed by atoms with Gasteiger partial charge in [-0.15, -0.1) is 6.42 Å². The smallest absolute Gasteiger partial charge is 0.123 e. The van der Waals surface area contributed by atoms with Gasteiger partial charge in [0.25, 0.3) is 0 Å². The lowest BCUT2D eigenvalue weighted by atomic mass is 10.1. The van der Waals surface area contributed by atoms with Gasteiger partial charge in [0.2, 0.25) is 0 Å². The van der Waals surface area contributed by atoms with Crippen LogP contribution in [0.5, 0.6) is 0 Å². The average Bonchev–Trinajstić information content (AvgIpc) is 2.65. The van der Waals surface area contributed by atoms with Crippen molar-refractivity contribution in [1.29, 1.82) is 0 Å². The standard InChI is InChI=1S/C14H17N3/c1-5-14(2,3)15-10-13-16-11-8-6-7-9-12(11)17(13)4/h1,6-9,15H,10H2,2-4H3. The Hall–Kier alpha value is -1.79. The molecule has 1 heterocycles. The first kappa shape index (κ1) is 11.7. The van der Waals surface area contributed by atoms with Crippen LogP contribution in [0.3, 0.4) is 0 Å². The molecular weight excluding hydrogens is 210 g/mol.